The van der Waals surface area contributed by atoms with Crippen LogP contribution >= 0.6 is 23.8 Å². The van der Waals surface area contributed by atoms with E-state index in [2.05, 4.69) is 45.6 Å². The van der Waals surface area contributed by atoms with Gasteiger partial charge in [-0.1, -0.05) is 30.7 Å². The lowest BCUT2D eigenvalue weighted by atomic mass is 9.74. The van der Waals surface area contributed by atoms with Gasteiger partial charge in [-0.2, -0.15) is 9.97 Å². The number of nitrogens with one attached hydrogen (secondary N) is 2. The van der Waals surface area contributed by atoms with E-state index in [1.165, 1.54) is 18.4 Å². The third kappa shape index (κ3) is 6.63. The first kappa shape index (κ1) is 26.4. The summed E-state index contributed by atoms with van der Waals surface area (Å²) in [6.45, 7) is 9.49. The van der Waals surface area contributed by atoms with Crippen molar-refractivity contribution >= 4 is 46.5 Å². The highest BCUT2D eigenvalue weighted by Gasteiger charge is 2.35. The summed E-state index contributed by atoms with van der Waals surface area (Å²) >= 11 is 12.1. The molecule has 0 unspecified atom stereocenters. The van der Waals surface area contributed by atoms with Crippen molar-refractivity contribution in [1.82, 2.24) is 15.3 Å². The molecule has 5 rings (SSSR count). The van der Waals surface area contributed by atoms with Crippen molar-refractivity contribution in [3.8, 4) is 0 Å². The number of ether oxygens (including phenoxy) is 2. The van der Waals surface area contributed by atoms with Crippen LogP contribution in [0.5, 0.6) is 0 Å². The fraction of sp³-hybridized carbons (Fsp3) is 0.593. The van der Waals surface area contributed by atoms with Crippen LogP contribution in [-0.4, -0.2) is 74.2 Å². The first-order valence-electron chi connectivity index (χ1n) is 13.4. The Morgan fingerprint density at radius 2 is 1.78 bits per heavy atom. The highest BCUT2D eigenvalue weighted by Crippen LogP contribution is 2.35. The minimum absolute atomic E-state index is 0.0967. The number of anilines is 3. The predicted octanol–water partition coefficient (Wildman–Crippen LogP) is 4.24. The molecular weight excluding hydrogens is 508 g/mol. The molecule has 4 heterocycles. The SMILES string of the molecule is C[C@H]1CCCN(c2cc(N3CCOCC3)nc(NC(=S)NCC3(c4cccc(Cl)c4)CCOCC3)n2)C1. The molecule has 1 aromatic heterocycles. The lowest BCUT2D eigenvalue weighted by Crippen LogP contribution is -2.45. The zero-order chi connectivity index (χ0) is 25.7. The first-order valence-corrected chi connectivity index (χ1v) is 14.1. The van der Waals surface area contributed by atoms with Crippen LogP contribution in [0, 0.1) is 5.92 Å². The van der Waals surface area contributed by atoms with E-state index in [-0.39, 0.29) is 5.41 Å². The van der Waals surface area contributed by atoms with Crippen molar-refractivity contribution in [2.24, 2.45) is 5.92 Å². The number of aromatic nitrogens is 2. The van der Waals surface area contributed by atoms with Crippen LogP contribution in [0.3, 0.4) is 0 Å². The highest BCUT2D eigenvalue weighted by atomic mass is 35.5. The standard InChI is InChI=1S/C27H37ClN6O2S/c1-20-4-3-9-34(18-20)24-17-23(33-10-14-36-15-11-33)30-25(31-24)32-26(37)29-19-27(7-12-35-13-8-27)21-5-2-6-22(28)16-21/h2,5-6,16-17,20H,3-4,7-15,18-19H2,1H3,(H2,29,30,31,32,37)/t20-/m0/s1. The van der Waals surface area contributed by atoms with Crippen LogP contribution < -0.4 is 20.4 Å². The molecule has 200 valence electrons. The van der Waals surface area contributed by atoms with Crippen molar-refractivity contribution in [3.63, 3.8) is 0 Å². The molecule has 0 saturated carbocycles. The van der Waals surface area contributed by atoms with Crippen molar-refractivity contribution in [1.29, 1.82) is 0 Å². The molecule has 3 fully saturated rings. The Balaban J connectivity index is 1.32. The van der Waals surface area contributed by atoms with Crippen LogP contribution in [0.25, 0.3) is 0 Å². The molecule has 3 aliphatic heterocycles. The van der Waals surface area contributed by atoms with Crippen LogP contribution in [0.4, 0.5) is 17.6 Å². The van der Waals surface area contributed by atoms with Gasteiger partial charge in [0.1, 0.15) is 11.6 Å². The molecule has 0 bridgehead atoms. The summed E-state index contributed by atoms with van der Waals surface area (Å²) in [7, 11) is 0. The summed E-state index contributed by atoms with van der Waals surface area (Å²) in [5.41, 5.74) is 1.12. The maximum absolute atomic E-state index is 6.34. The Bertz CT molecular complexity index is 1080. The Hall–Kier alpha value is -2.20. The average Bonchev–Trinajstić information content (AvgIpc) is 2.93. The minimum atomic E-state index is -0.0967. The molecular formula is C27H37ClN6O2S. The third-order valence-electron chi connectivity index (χ3n) is 7.71. The molecule has 3 saturated heterocycles. The first-order chi connectivity index (χ1) is 18.0. The summed E-state index contributed by atoms with van der Waals surface area (Å²) in [5.74, 6) is 3.04. The molecule has 0 spiro atoms. The van der Waals surface area contributed by atoms with Gasteiger partial charge < -0.3 is 29.9 Å². The van der Waals surface area contributed by atoms with Gasteiger partial charge >= 0.3 is 0 Å². The van der Waals surface area contributed by atoms with Crippen molar-refractivity contribution in [3.05, 3.63) is 40.9 Å². The van der Waals surface area contributed by atoms with E-state index in [4.69, 9.17) is 43.3 Å². The van der Waals surface area contributed by atoms with Crippen molar-refractivity contribution in [2.75, 3.05) is 74.3 Å². The lowest BCUT2D eigenvalue weighted by molar-refractivity contribution is 0.0515. The summed E-state index contributed by atoms with van der Waals surface area (Å²) in [6.07, 6.45) is 4.25. The van der Waals surface area contributed by atoms with E-state index in [1.54, 1.807) is 0 Å². The Kier molecular flexibility index (Phi) is 8.64. The molecule has 2 N–H and O–H groups in total. The smallest absolute Gasteiger partial charge is 0.232 e. The number of nitrogens with zero attached hydrogens (tertiary/aromatic N) is 4. The lowest BCUT2D eigenvalue weighted by Gasteiger charge is -2.38. The van der Waals surface area contributed by atoms with Gasteiger partial charge in [0.05, 0.1) is 13.2 Å². The highest BCUT2D eigenvalue weighted by molar-refractivity contribution is 7.80. The van der Waals surface area contributed by atoms with Gasteiger partial charge in [-0.15, -0.1) is 0 Å². The van der Waals surface area contributed by atoms with Crippen molar-refractivity contribution < 1.29 is 9.47 Å². The van der Waals surface area contributed by atoms with E-state index in [9.17, 15) is 0 Å². The van der Waals surface area contributed by atoms with Gasteiger partial charge in [-0.25, -0.2) is 0 Å². The zero-order valence-electron chi connectivity index (χ0n) is 21.5. The number of halogens is 1. The summed E-state index contributed by atoms with van der Waals surface area (Å²) in [4.78, 5) is 14.4. The molecule has 0 radical (unpaired) electrons. The monoisotopic (exact) mass is 544 g/mol. The normalized spacial score (nSPS) is 21.9. The van der Waals surface area contributed by atoms with Gasteiger partial charge in [0.25, 0.3) is 0 Å². The minimum Gasteiger partial charge on any atom is -0.381 e. The molecule has 10 heteroatoms. The maximum atomic E-state index is 6.34. The molecule has 2 aromatic rings. The quantitative estimate of drug-likeness (QED) is 0.519. The Morgan fingerprint density at radius 3 is 2.51 bits per heavy atom. The number of hydrogen-bond donors (Lipinski definition) is 2. The Labute approximate surface area is 230 Å². The molecule has 0 amide bonds. The number of thiocarbonyl (C=S) groups is 1. The Morgan fingerprint density at radius 1 is 1.05 bits per heavy atom. The van der Waals surface area contributed by atoms with Crippen LogP contribution in [-0.2, 0) is 14.9 Å². The molecule has 0 aliphatic carbocycles. The van der Waals surface area contributed by atoms with E-state index < -0.39 is 0 Å². The van der Waals surface area contributed by atoms with Gasteiger partial charge in [0.15, 0.2) is 5.11 Å². The fourth-order valence-corrected chi connectivity index (χ4v) is 5.89. The summed E-state index contributed by atoms with van der Waals surface area (Å²) < 4.78 is 11.2. The second-order valence-electron chi connectivity index (χ2n) is 10.4. The average molecular weight is 545 g/mol. The molecule has 1 aromatic carbocycles. The summed E-state index contributed by atoms with van der Waals surface area (Å²) in [5, 5.41) is 8.01. The molecule has 3 aliphatic rings. The predicted molar refractivity (Wildman–Crippen MR) is 153 cm³/mol. The topological polar surface area (TPSA) is 74.8 Å². The van der Waals surface area contributed by atoms with E-state index >= 15 is 0 Å². The number of benzene rings is 1. The van der Waals surface area contributed by atoms with Crippen LogP contribution in [0.2, 0.25) is 5.02 Å². The number of rotatable bonds is 6. The van der Waals surface area contributed by atoms with E-state index in [1.807, 2.05) is 12.1 Å². The largest absolute Gasteiger partial charge is 0.381 e. The second-order valence-corrected chi connectivity index (χ2v) is 11.3. The number of hydrogen-bond acceptors (Lipinski definition) is 7. The van der Waals surface area contributed by atoms with Crippen molar-refractivity contribution in [2.45, 2.75) is 38.0 Å². The van der Waals surface area contributed by atoms with Gasteiger partial charge in [0, 0.05) is 62.4 Å². The van der Waals surface area contributed by atoms with Gasteiger partial charge in [-0.05, 0) is 61.5 Å². The zero-order valence-corrected chi connectivity index (χ0v) is 23.1. The maximum Gasteiger partial charge on any atom is 0.232 e. The fourth-order valence-electron chi connectivity index (χ4n) is 5.54. The molecule has 8 nitrogen and oxygen atoms in total. The van der Waals surface area contributed by atoms with Gasteiger partial charge in [-0.3, -0.25) is 0 Å². The number of morpholine rings is 1. The second kappa shape index (κ2) is 12.1. The number of piperidine rings is 1. The molecule has 37 heavy (non-hydrogen) atoms. The summed E-state index contributed by atoms with van der Waals surface area (Å²) in [6, 6.07) is 10.2. The van der Waals surface area contributed by atoms with E-state index in [0.717, 1.165) is 68.9 Å². The van der Waals surface area contributed by atoms with E-state index in [0.29, 0.717) is 36.7 Å². The van der Waals surface area contributed by atoms with Crippen LogP contribution in [0.1, 0.15) is 38.2 Å². The third-order valence-corrected chi connectivity index (χ3v) is 8.20. The molecule has 1 atom stereocenters. The van der Waals surface area contributed by atoms with Crippen LogP contribution in [0.15, 0.2) is 30.3 Å². The van der Waals surface area contributed by atoms with Gasteiger partial charge in [0.2, 0.25) is 5.95 Å².